The summed E-state index contributed by atoms with van der Waals surface area (Å²) in [6.45, 7) is 14.3. The standard InChI is InChI=1S/C26H41F3N4O.C3H5F3.CH4O/c1-19(21-6-8-22(9-7-21)26(27,28)29)32-15-16-33(23(17-32)25(2,3)4)24(34)10-5-20-11-13-31(18-30)14-12-20;1-2-3(4,5)6;1-2/h6-9,19-20,23H,5,10-18,30H2,1-4H3;2H2,1H3;2H,1H3. The Kier molecular flexibility index (Phi) is 15.3. The molecule has 2 atom stereocenters. The Hall–Kier alpha value is -1.89. The molecule has 0 spiro atoms. The van der Waals surface area contributed by atoms with Gasteiger partial charge in [-0.25, -0.2) is 0 Å². The van der Waals surface area contributed by atoms with Gasteiger partial charge in [0.15, 0.2) is 0 Å². The predicted molar refractivity (Wildman–Crippen MR) is 153 cm³/mol. The first-order chi connectivity index (χ1) is 19.5. The summed E-state index contributed by atoms with van der Waals surface area (Å²) in [5.41, 5.74) is 5.88. The summed E-state index contributed by atoms with van der Waals surface area (Å²) < 4.78 is 71.2. The molecule has 0 saturated carbocycles. The van der Waals surface area contributed by atoms with Crippen LogP contribution in [0.3, 0.4) is 0 Å². The second kappa shape index (κ2) is 16.8. The van der Waals surface area contributed by atoms with Crippen molar-refractivity contribution in [2.75, 3.05) is 46.5 Å². The number of aliphatic hydroxyl groups excluding tert-OH is 1. The van der Waals surface area contributed by atoms with Crippen LogP contribution in [0.25, 0.3) is 0 Å². The van der Waals surface area contributed by atoms with Crippen molar-refractivity contribution in [2.24, 2.45) is 17.1 Å². The zero-order chi connectivity index (χ0) is 32.3. The van der Waals surface area contributed by atoms with Gasteiger partial charge in [-0.05, 0) is 68.3 Å². The van der Waals surface area contributed by atoms with Crippen molar-refractivity contribution < 1.29 is 36.2 Å². The van der Waals surface area contributed by atoms with E-state index < -0.39 is 24.3 Å². The van der Waals surface area contributed by atoms with Gasteiger partial charge >= 0.3 is 12.4 Å². The molecule has 1 aromatic carbocycles. The van der Waals surface area contributed by atoms with E-state index in [2.05, 4.69) is 35.5 Å². The van der Waals surface area contributed by atoms with Gasteiger partial charge in [-0.1, -0.05) is 39.8 Å². The fraction of sp³-hybridized carbons (Fsp3) is 0.767. The lowest BCUT2D eigenvalue weighted by atomic mass is 9.83. The van der Waals surface area contributed by atoms with E-state index >= 15 is 0 Å². The molecule has 0 aromatic heterocycles. The van der Waals surface area contributed by atoms with Gasteiger partial charge in [0.05, 0.1) is 5.56 Å². The second-order valence-corrected chi connectivity index (χ2v) is 12.0. The summed E-state index contributed by atoms with van der Waals surface area (Å²) in [5.74, 6) is 0.809. The zero-order valence-corrected chi connectivity index (χ0v) is 25.9. The molecule has 12 heteroatoms. The van der Waals surface area contributed by atoms with Crippen LogP contribution in [0.1, 0.15) is 83.9 Å². The van der Waals surface area contributed by atoms with Gasteiger partial charge < -0.3 is 15.7 Å². The lowest BCUT2D eigenvalue weighted by Gasteiger charge is -2.49. The number of rotatable bonds is 6. The fourth-order valence-electron chi connectivity index (χ4n) is 5.29. The third-order valence-electron chi connectivity index (χ3n) is 8.13. The molecule has 3 N–H and O–H groups in total. The van der Waals surface area contributed by atoms with Gasteiger partial charge in [0, 0.05) is 58.3 Å². The first-order valence-electron chi connectivity index (χ1n) is 14.6. The van der Waals surface area contributed by atoms with E-state index in [9.17, 15) is 31.1 Å². The minimum Gasteiger partial charge on any atom is -0.400 e. The quantitative estimate of drug-likeness (QED) is 0.369. The number of likely N-dealkylation sites (tertiary alicyclic amines) is 1. The van der Waals surface area contributed by atoms with Crippen LogP contribution < -0.4 is 5.73 Å². The molecule has 2 unspecified atom stereocenters. The summed E-state index contributed by atoms with van der Waals surface area (Å²) in [5, 5.41) is 7.00. The molecule has 2 heterocycles. The maximum absolute atomic E-state index is 13.3. The number of halogens is 6. The summed E-state index contributed by atoms with van der Waals surface area (Å²) >= 11 is 0. The van der Waals surface area contributed by atoms with E-state index in [1.54, 1.807) is 12.1 Å². The number of amides is 1. The first-order valence-corrected chi connectivity index (χ1v) is 14.6. The van der Waals surface area contributed by atoms with Crippen LogP contribution in [-0.4, -0.2) is 84.4 Å². The second-order valence-electron chi connectivity index (χ2n) is 12.0. The molecule has 2 saturated heterocycles. The van der Waals surface area contributed by atoms with E-state index in [1.165, 1.54) is 0 Å². The van der Waals surface area contributed by atoms with Gasteiger partial charge in [-0.3, -0.25) is 14.6 Å². The molecule has 0 radical (unpaired) electrons. The lowest BCUT2D eigenvalue weighted by molar-refractivity contribution is -0.140. The van der Waals surface area contributed by atoms with Crippen molar-refractivity contribution in [1.82, 2.24) is 14.7 Å². The highest BCUT2D eigenvalue weighted by molar-refractivity contribution is 5.76. The summed E-state index contributed by atoms with van der Waals surface area (Å²) in [6, 6.07) is 5.51. The van der Waals surface area contributed by atoms with Crippen LogP contribution >= 0.6 is 0 Å². The number of nitrogens with zero attached hydrogens (tertiary/aromatic N) is 3. The number of hydrogen-bond donors (Lipinski definition) is 2. The van der Waals surface area contributed by atoms with Crippen molar-refractivity contribution in [3.8, 4) is 0 Å². The predicted octanol–water partition coefficient (Wildman–Crippen LogP) is 6.30. The Morgan fingerprint density at radius 2 is 1.50 bits per heavy atom. The molecule has 0 bridgehead atoms. The van der Waals surface area contributed by atoms with Crippen LogP contribution in [0.2, 0.25) is 0 Å². The van der Waals surface area contributed by atoms with Gasteiger partial charge in [0.2, 0.25) is 5.91 Å². The molecule has 0 aliphatic carbocycles. The van der Waals surface area contributed by atoms with Crippen LogP contribution in [0, 0.1) is 11.3 Å². The summed E-state index contributed by atoms with van der Waals surface area (Å²) in [4.78, 5) is 19.9. The number of benzene rings is 1. The van der Waals surface area contributed by atoms with Gasteiger partial charge in [0.25, 0.3) is 0 Å². The van der Waals surface area contributed by atoms with E-state index in [4.69, 9.17) is 10.8 Å². The smallest absolute Gasteiger partial charge is 0.400 e. The van der Waals surface area contributed by atoms with Crippen molar-refractivity contribution in [1.29, 1.82) is 0 Å². The monoisotopic (exact) mass is 612 g/mol. The number of carbonyl (C=O) groups excluding carboxylic acids is 1. The molecule has 244 valence electrons. The lowest BCUT2D eigenvalue weighted by Crippen LogP contribution is -2.59. The number of nitrogens with two attached hydrogens (primary N) is 1. The largest absolute Gasteiger partial charge is 0.416 e. The van der Waals surface area contributed by atoms with Gasteiger partial charge in [-0.15, -0.1) is 0 Å². The highest BCUT2D eigenvalue weighted by Crippen LogP contribution is 2.34. The molecule has 2 aliphatic heterocycles. The number of aliphatic hydroxyl groups is 1. The minimum atomic E-state index is -4.33. The highest BCUT2D eigenvalue weighted by atomic mass is 19.4. The van der Waals surface area contributed by atoms with Crippen LogP contribution in [0.15, 0.2) is 24.3 Å². The van der Waals surface area contributed by atoms with Crippen LogP contribution in [0.4, 0.5) is 26.3 Å². The molecule has 1 aromatic rings. The maximum Gasteiger partial charge on any atom is 0.416 e. The van der Waals surface area contributed by atoms with Crippen LogP contribution in [0.5, 0.6) is 0 Å². The fourth-order valence-corrected chi connectivity index (χ4v) is 5.29. The molecule has 3 rings (SSSR count). The van der Waals surface area contributed by atoms with Gasteiger partial charge in [0.1, 0.15) is 0 Å². The van der Waals surface area contributed by atoms with Crippen molar-refractivity contribution in [3.05, 3.63) is 35.4 Å². The average molecular weight is 613 g/mol. The van der Waals surface area contributed by atoms with Crippen molar-refractivity contribution in [3.63, 3.8) is 0 Å². The number of hydrogen-bond acceptors (Lipinski definition) is 5. The SMILES string of the molecule is CC(c1ccc(C(F)(F)F)cc1)N1CCN(C(=O)CCC2CCN(CN)CC2)C(C(C)(C)C)C1.CCC(F)(F)F.CO. The van der Waals surface area contributed by atoms with E-state index in [0.29, 0.717) is 32.1 Å². The average Bonchev–Trinajstić information content (AvgIpc) is 2.95. The molecule has 42 heavy (non-hydrogen) atoms. The highest BCUT2D eigenvalue weighted by Gasteiger charge is 2.39. The first kappa shape index (κ1) is 38.1. The Morgan fingerprint density at radius 3 is 1.93 bits per heavy atom. The molecule has 2 fully saturated rings. The summed E-state index contributed by atoms with van der Waals surface area (Å²) in [6.07, 6.45) is -5.30. The maximum atomic E-state index is 13.3. The third-order valence-corrected chi connectivity index (χ3v) is 8.13. The number of alkyl halides is 6. The van der Waals surface area contributed by atoms with Crippen LogP contribution in [-0.2, 0) is 11.0 Å². The Bertz CT molecular complexity index is 910. The zero-order valence-electron chi connectivity index (χ0n) is 25.9. The molecular formula is C30H50F6N4O2. The molecular weight excluding hydrogens is 562 g/mol. The molecule has 6 nitrogen and oxygen atoms in total. The number of piperazine rings is 1. The summed E-state index contributed by atoms with van der Waals surface area (Å²) in [7, 11) is 1.00. The topological polar surface area (TPSA) is 73.0 Å². The molecule has 2 aliphatic rings. The van der Waals surface area contributed by atoms with Crippen molar-refractivity contribution in [2.45, 2.75) is 91.2 Å². The third kappa shape index (κ3) is 12.4. The number of carbonyl (C=O) groups is 1. The Morgan fingerprint density at radius 1 is 0.976 bits per heavy atom. The molecule has 1 amide bonds. The number of piperidine rings is 1. The normalized spacial score (nSPS) is 20.2. The Balaban J connectivity index is 0.000000979. The Labute approximate surface area is 247 Å². The van der Waals surface area contributed by atoms with E-state index in [-0.39, 0.29) is 23.4 Å². The minimum absolute atomic E-state index is 0.0166. The van der Waals surface area contributed by atoms with Crippen molar-refractivity contribution >= 4 is 5.91 Å². The van der Waals surface area contributed by atoms with E-state index in [1.807, 2.05) is 6.92 Å². The van der Waals surface area contributed by atoms with E-state index in [0.717, 1.165) is 70.6 Å². The van der Waals surface area contributed by atoms with Gasteiger partial charge in [-0.2, -0.15) is 26.3 Å².